The standard InChI is InChI=1S/C10H14O3S/c1-7-4-9(8(2)11)6-10(5-7)14(3,12)13/h4-6,8,11H,1-3H3. The van der Waals surface area contributed by atoms with Gasteiger partial charge in [-0.2, -0.15) is 0 Å². The van der Waals surface area contributed by atoms with E-state index >= 15 is 0 Å². The van der Waals surface area contributed by atoms with Crippen LogP contribution < -0.4 is 0 Å². The highest BCUT2D eigenvalue weighted by molar-refractivity contribution is 7.90. The van der Waals surface area contributed by atoms with E-state index in [1.165, 1.54) is 6.07 Å². The molecule has 0 heterocycles. The van der Waals surface area contributed by atoms with Crippen LogP contribution in [0.3, 0.4) is 0 Å². The van der Waals surface area contributed by atoms with Crippen LogP contribution in [0.1, 0.15) is 24.2 Å². The average molecular weight is 214 g/mol. The van der Waals surface area contributed by atoms with Crippen LogP contribution in [0.15, 0.2) is 23.1 Å². The molecule has 1 aromatic carbocycles. The maximum atomic E-state index is 11.3. The SMILES string of the molecule is Cc1cc(C(C)O)cc(S(C)(=O)=O)c1. The molecule has 3 nitrogen and oxygen atoms in total. The van der Waals surface area contributed by atoms with Crippen LogP contribution in [0.4, 0.5) is 0 Å². The Balaban J connectivity index is 3.35. The molecule has 1 atom stereocenters. The van der Waals surface area contributed by atoms with E-state index in [0.29, 0.717) is 5.56 Å². The van der Waals surface area contributed by atoms with Crippen molar-refractivity contribution in [3.05, 3.63) is 29.3 Å². The van der Waals surface area contributed by atoms with Crippen molar-refractivity contribution in [3.63, 3.8) is 0 Å². The summed E-state index contributed by atoms with van der Waals surface area (Å²) in [6.07, 6.45) is 0.517. The van der Waals surface area contributed by atoms with E-state index in [-0.39, 0.29) is 4.90 Å². The minimum absolute atomic E-state index is 0.258. The zero-order valence-corrected chi connectivity index (χ0v) is 9.30. The summed E-state index contributed by atoms with van der Waals surface area (Å²) in [7, 11) is -3.19. The van der Waals surface area contributed by atoms with Gasteiger partial charge in [-0.25, -0.2) is 8.42 Å². The first kappa shape index (κ1) is 11.2. The largest absolute Gasteiger partial charge is 0.389 e. The number of rotatable bonds is 2. The molecule has 0 aromatic heterocycles. The van der Waals surface area contributed by atoms with Crippen molar-refractivity contribution in [1.82, 2.24) is 0 Å². The van der Waals surface area contributed by atoms with Crippen LogP contribution in [0.25, 0.3) is 0 Å². The summed E-state index contributed by atoms with van der Waals surface area (Å²) >= 11 is 0. The Labute approximate surface area is 84.3 Å². The maximum Gasteiger partial charge on any atom is 0.175 e. The lowest BCUT2D eigenvalue weighted by atomic mass is 10.1. The number of aliphatic hydroxyl groups is 1. The molecule has 0 amide bonds. The molecule has 0 spiro atoms. The predicted octanol–water partition coefficient (Wildman–Crippen LogP) is 1.45. The summed E-state index contributed by atoms with van der Waals surface area (Å²) in [5, 5.41) is 9.34. The second-order valence-corrected chi connectivity index (χ2v) is 5.54. The first-order valence-electron chi connectivity index (χ1n) is 4.30. The third-order valence-corrected chi connectivity index (χ3v) is 3.08. The molecule has 0 bridgehead atoms. The van der Waals surface area contributed by atoms with Gasteiger partial charge in [-0.05, 0) is 37.1 Å². The normalized spacial score (nSPS) is 14.0. The van der Waals surface area contributed by atoms with Gasteiger partial charge in [0.1, 0.15) is 0 Å². The van der Waals surface area contributed by atoms with Crippen molar-refractivity contribution >= 4 is 9.84 Å². The van der Waals surface area contributed by atoms with Crippen molar-refractivity contribution in [1.29, 1.82) is 0 Å². The number of aliphatic hydroxyl groups excluding tert-OH is 1. The molecule has 1 rings (SSSR count). The summed E-state index contributed by atoms with van der Waals surface area (Å²) in [4.78, 5) is 0.258. The zero-order valence-electron chi connectivity index (χ0n) is 8.48. The predicted molar refractivity (Wildman–Crippen MR) is 54.9 cm³/mol. The molecule has 0 aliphatic carbocycles. The lowest BCUT2D eigenvalue weighted by Crippen LogP contribution is -2.00. The fourth-order valence-corrected chi connectivity index (χ4v) is 1.98. The summed E-state index contributed by atoms with van der Waals surface area (Å²) in [6, 6.07) is 4.88. The molecule has 0 aliphatic rings. The summed E-state index contributed by atoms with van der Waals surface area (Å²) in [5.74, 6) is 0. The van der Waals surface area contributed by atoms with Crippen molar-refractivity contribution in [3.8, 4) is 0 Å². The van der Waals surface area contributed by atoms with E-state index in [1.54, 1.807) is 26.0 Å². The summed E-state index contributed by atoms with van der Waals surface area (Å²) in [6.45, 7) is 3.42. The molecule has 0 saturated carbocycles. The Hall–Kier alpha value is -0.870. The topological polar surface area (TPSA) is 54.4 Å². The summed E-state index contributed by atoms with van der Waals surface area (Å²) in [5.41, 5.74) is 1.47. The Morgan fingerprint density at radius 1 is 1.29 bits per heavy atom. The zero-order chi connectivity index (χ0) is 10.9. The first-order chi connectivity index (χ1) is 6.30. The van der Waals surface area contributed by atoms with Gasteiger partial charge in [0.05, 0.1) is 11.0 Å². The molecule has 78 valence electrons. The number of hydrogen-bond acceptors (Lipinski definition) is 3. The molecule has 14 heavy (non-hydrogen) atoms. The van der Waals surface area contributed by atoms with E-state index in [4.69, 9.17) is 0 Å². The van der Waals surface area contributed by atoms with Crippen LogP contribution in [-0.2, 0) is 9.84 Å². The third-order valence-electron chi connectivity index (χ3n) is 1.98. The van der Waals surface area contributed by atoms with Gasteiger partial charge < -0.3 is 5.11 Å². The van der Waals surface area contributed by atoms with E-state index < -0.39 is 15.9 Å². The van der Waals surface area contributed by atoms with Crippen LogP contribution in [0.2, 0.25) is 0 Å². The van der Waals surface area contributed by atoms with Crippen molar-refractivity contribution in [2.45, 2.75) is 24.8 Å². The highest BCUT2D eigenvalue weighted by Gasteiger charge is 2.10. The summed E-state index contributed by atoms with van der Waals surface area (Å²) < 4.78 is 22.6. The number of benzene rings is 1. The van der Waals surface area contributed by atoms with Gasteiger partial charge >= 0.3 is 0 Å². The Bertz CT molecular complexity index is 433. The number of hydrogen-bond donors (Lipinski definition) is 1. The molecule has 0 fully saturated rings. The number of sulfone groups is 1. The van der Waals surface area contributed by atoms with Gasteiger partial charge in [-0.3, -0.25) is 0 Å². The highest BCUT2D eigenvalue weighted by Crippen LogP contribution is 2.19. The second kappa shape index (κ2) is 3.71. The molecule has 0 aliphatic heterocycles. The van der Waals surface area contributed by atoms with Crippen LogP contribution in [-0.4, -0.2) is 19.8 Å². The molecule has 0 radical (unpaired) electrons. The Morgan fingerprint density at radius 2 is 1.86 bits per heavy atom. The lowest BCUT2D eigenvalue weighted by molar-refractivity contribution is 0.199. The fourth-order valence-electron chi connectivity index (χ4n) is 1.23. The maximum absolute atomic E-state index is 11.3. The van der Waals surface area contributed by atoms with Gasteiger partial charge in [0.15, 0.2) is 9.84 Å². The van der Waals surface area contributed by atoms with Gasteiger partial charge in [-0.1, -0.05) is 6.07 Å². The van der Waals surface area contributed by atoms with E-state index in [1.807, 2.05) is 0 Å². The molecule has 0 saturated heterocycles. The van der Waals surface area contributed by atoms with Gasteiger partial charge in [0, 0.05) is 6.26 Å². The number of aryl methyl sites for hydroxylation is 1. The quantitative estimate of drug-likeness (QED) is 0.810. The minimum Gasteiger partial charge on any atom is -0.389 e. The van der Waals surface area contributed by atoms with E-state index in [0.717, 1.165) is 11.8 Å². The fraction of sp³-hybridized carbons (Fsp3) is 0.400. The van der Waals surface area contributed by atoms with E-state index in [2.05, 4.69) is 0 Å². The minimum atomic E-state index is -3.19. The molecular formula is C10H14O3S. The first-order valence-corrected chi connectivity index (χ1v) is 6.19. The Morgan fingerprint density at radius 3 is 2.29 bits per heavy atom. The average Bonchev–Trinajstić information content (AvgIpc) is 2.01. The second-order valence-electron chi connectivity index (χ2n) is 3.53. The van der Waals surface area contributed by atoms with Crippen molar-refractivity contribution in [2.24, 2.45) is 0 Å². The molecule has 1 N–H and O–H groups in total. The Kier molecular flexibility index (Phi) is 2.97. The smallest absolute Gasteiger partial charge is 0.175 e. The highest BCUT2D eigenvalue weighted by atomic mass is 32.2. The van der Waals surface area contributed by atoms with Crippen molar-refractivity contribution < 1.29 is 13.5 Å². The molecule has 1 unspecified atom stereocenters. The lowest BCUT2D eigenvalue weighted by Gasteiger charge is -2.08. The van der Waals surface area contributed by atoms with Crippen molar-refractivity contribution in [2.75, 3.05) is 6.26 Å². The monoisotopic (exact) mass is 214 g/mol. The van der Waals surface area contributed by atoms with Gasteiger partial charge in [-0.15, -0.1) is 0 Å². The van der Waals surface area contributed by atoms with Gasteiger partial charge in [0.2, 0.25) is 0 Å². The van der Waals surface area contributed by atoms with Crippen LogP contribution in [0.5, 0.6) is 0 Å². The van der Waals surface area contributed by atoms with E-state index in [9.17, 15) is 13.5 Å². The molecular weight excluding hydrogens is 200 g/mol. The third kappa shape index (κ3) is 2.56. The van der Waals surface area contributed by atoms with Crippen LogP contribution >= 0.6 is 0 Å². The molecule has 4 heteroatoms. The molecule has 1 aromatic rings. The van der Waals surface area contributed by atoms with Crippen LogP contribution in [0, 0.1) is 6.92 Å². The van der Waals surface area contributed by atoms with Gasteiger partial charge in [0.25, 0.3) is 0 Å².